The third kappa shape index (κ3) is 4.90. The molecule has 0 spiro atoms. The van der Waals surface area contributed by atoms with Crippen molar-refractivity contribution in [3.63, 3.8) is 0 Å². The van der Waals surface area contributed by atoms with Gasteiger partial charge in [-0.05, 0) is 18.1 Å². The average molecular weight is 253 g/mol. The van der Waals surface area contributed by atoms with E-state index in [1.807, 2.05) is 13.8 Å². The fourth-order valence-corrected chi connectivity index (χ4v) is 1.15. The minimum Gasteiger partial charge on any atom is -0.354 e. The van der Waals surface area contributed by atoms with Gasteiger partial charge in [-0.1, -0.05) is 13.8 Å². The predicted octanol–water partition coefficient (Wildman–Crippen LogP) is 0.723. The van der Waals surface area contributed by atoms with Gasteiger partial charge in [0.25, 0.3) is 5.91 Å². The number of carbonyl (C=O) groups excluding carboxylic acids is 2. The molecule has 1 aromatic heterocycles. The summed E-state index contributed by atoms with van der Waals surface area (Å²) >= 11 is 0. The monoisotopic (exact) mass is 253 g/mol. The fraction of sp³-hybridized carbons (Fsp3) is 0.417. The number of carbonyl (C=O) groups is 2. The first-order valence-electron chi connectivity index (χ1n) is 5.65. The standard InChI is InChI=1S/C12H16FN3O2/c1-8(2)5-15-11(17)7-16-12(18)9-3-4-10(13)14-6-9/h3-4,6,8H,5,7H2,1-2H3,(H,15,17)(H,16,18). The number of aromatic nitrogens is 1. The zero-order chi connectivity index (χ0) is 13.5. The van der Waals surface area contributed by atoms with Crippen LogP contribution in [0, 0.1) is 11.9 Å². The Balaban J connectivity index is 2.37. The first-order valence-corrected chi connectivity index (χ1v) is 5.65. The van der Waals surface area contributed by atoms with E-state index in [4.69, 9.17) is 0 Å². The Bertz CT molecular complexity index is 418. The van der Waals surface area contributed by atoms with Crippen LogP contribution in [0.25, 0.3) is 0 Å². The largest absolute Gasteiger partial charge is 0.354 e. The van der Waals surface area contributed by atoms with Crippen molar-refractivity contribution in [2.45, 2.75) is 13.8 Å². The highest BCUT2D eigenvalue weighted by atomic mass is 19.1. The van der Waals surface area contributed by atoms with Crippen LogP contribution in [0.1, 0.15) is 24.2 Å². The minimum atomic E-state index is -0.652. The SMILES string of the molecule is CC(C)CNC(=O)CNC(=O)c1ccc(F)nc1. The maximum absolute atomic E-state index is 12.5. The second kappa shape index (κ2) is 6.68. The molecule has 0 saturated heterocycles. The Hall–Kier alpha value is -1.98. The molecule has 0 aromatic carbocycles. The Kier molecular flexibility index (Phi) is 5.23. The van der Waals surface area contributed by atoms with Crippen molar-refractivity contribution >= 4 is 11.8 Å². The van der Waals surface area contributed by atoms with Crippen molar-refractivity contribution in [1.29, 1.82) is 0 Å². The Morgan fingerprint density at radius 2 is 2.06 bits per heavy atom. The van der Waals surface area contributed by atoms with Crippen LogP contribution >= 0.6 is 0 Å². The molecule has 2 N–H and O–H groups in total. The summed E-state index contributed by atoms with van der Waals surface area (Å²) < 4.78 is 12.5. The number of hydrogen-bond acceptors (Lipinski definition) is 3. The Morgan fingerprint density at radius 1 is 1.33 bits per heavy atom. The molecule has 0 saturated carbocycles. The van der Waals surface area contributed by atoms with Crippen molar-refractivity contribution in [3.05, 3.63) is 29.8 Å². The number of halogens is 1. The summed E-state index contributed by atoms with van der Waals surface area (Å²) in [6.45, 7) is 4.40. The third-order valence-electron chi connectivity index (χ3n) is 2.11. The molecule has 0 aliphatic carbocycles. The lowest BCUT2D eigenvalue weighted by atomic mass is 10.2. The van der Waals surface area contributed by atoms with E-state index in [0.29, 0.717) is 12.5 Å². The smallest absolute Gasteiger partial charge is 0.253 e. The molecule has 0 radical (unpaired) electrons. The molecule has 5 nitrogen and oxygen atoms in total. The second-order valence-electron chi connectivity index (χ2n) is 4.25. The molecule has 0 atom stereocenters. The normalized spacial score (nSPS) is 10.2. The zero-order valence-electron chi connectivity index (χ0n) is 10.4. The van der Waals surface area contributed by atoms with Gasteiger partial charge in [0.05, 0.1) is 12.1 Å². The van der Waals surface area contributed by atoms with Gasteiger partial charge in [-0.2, -0.15) is 4.39 Å². The lowest BCUT2D eigenvalue weighted by molar-refractivity contribution is -0.120. The van der Waals surface area contributed by atoms with Crippen molar-refractivity contribution in [2.75, 3.05) is 13.1 Å². The molecule has 98 valence electrons. The van der Waals surface area contributed by atoms with Crippen LogP contribution in [0.2, 0.25) is 0 Å². The number of nitrogens with zero attached hydrogens (tertiary/aromatic N) is 1. The number of rotatable bonds is 5. The summed E-state index contributed by atoms with van der Waals surface area (Å²) in [6, 6.07) is 2.40. The van der Waals surface area contributed by atoms with Gasteiger partial charge in [0, 0.05) is 12.7 Å². The van der Waals surface area contributed by atoms with E-state index >= 15 is 0 Å². The quantitative estimate of drug-likeness (QED) is 0.760. The van der Waals surface area contributed by atoms with Crippen molar-refractivity contribution < 1.29 is 14.0 Å². The lowest BCUT2D eigenvalue weighted by Gasteiger charge is -2.08. The van der Waals surface area contributed by atoms with Crippen LogP contribution < -0.4 is 10.6 Å². The Labute approximate surface area is 105 Å². The summed E-state index contributed by atoms with van der Waals surface area (Å²) in [6.07, 6.45) is 1.12. The average Bonchev–Trinajstić information content (AvgIpc) is 2.34. The first-order chi connectivity index (χ1) is 8.49. The van der Waals surface area contributed by atoms with Crippen LogP contribution in [0.3, 0.4) is 0 Å². The van der Waals surface area contributed by atoms with Crippen LogP contribution in [-0.4, -0.2) is 29.9 Å². The van der Waals surface area contributed by atoms with Gasteiger partial charge in [-0.3, -0.25) is 9.59 Å². The molecule has 6 heteroatoms. The zero-order valence-corrected chi connectivity index (χ0v) is 10.4. The van der Waals surface area contributed by atoms with Gasteiger partial charge < -0.3 is 10.6 Å². The van der Waals surface area contributed by atoms with E-state index in [0.717, 1.165) is 12.3 Å². The van der Waals surface area contributed by atoms with E-state index < -0.39 is 11.9 Å². The van der Waals surface area contributed by atoms with Crippen LogP contribution in [-0.2, 0) is 4.79 Å². The summed E-state index contributed by atoms with van der Waals surface area (Å²) in [7, 11) is 0. The van der Waals surface area contributed by atoms with E-state index in [9.17, 15) is 14.0 Å². The number of amides is 2. The summed E-state index contributed by atoms with van der Waals surface area (Å²) in [5, 5.41) is 5.10. The molecule has 0 bridgehead atoms. The summed E-state index contributed by atoms with van der Waals surface area (Å²) in [5.74, 6) is -1.01. The van der Waals surface area contributed by atoms with Crippen molar-refractivity contribution in [1.82, 2.24) is 15.6 Å². The van der Waals surface area contributed by atoms with Gasteiger partial charge >= 0.3 is 0 Å². The third-order valence-corrected chi connectivity index (χ3v) is 2.11. The molecule has 1 aromatic rings. The van der Waals surface area contributed by atoms with E-state index in [1.165, 1.54) is 6.07 Å². The molecule has 0 unspecified atom stereocenters. The van der Waals surface area contributed by atoms with Crippen LogP contribution in [0.5, 0.6) is 0 Å². The predicted molar refractivity (Wildman–Crippen MR) is 64.4 cm³/mol. The minimum absolute atomic E-state index is 0.108. The molecule has 2 amide bonds. The Morgan fingerprint density at radius 3 is 2.61 bits per heavy atom. The molecule has 0 aliphatic rings. The van der Waals surface area contributed by atoms with E-state index in [-0.39, 0.29) is 18.0 Å². The molecular weight excluding hydrogens is 237 g/mol. The molecule has 1 heterocycles. The summed E-state index contributed by atoms with van der Waals surface area (Å²) in [5.41, 5.74) is 0.216. The van der Waals surface area contributed by atoms with Crippen LogP contribution in [0.4, 0.5) is 4.39 Å². The molecule has 1 rings (SSSR count). The lowest BCUT2D eigenvalue weighted by Crippen LogP contribution is -2.38. The second-order valence-corrected chi connectivity index (χ2v) is 4.25. The topological polar surface area (TPSA) is 71.1 Å². The summed E-state index contributed by atoms with van der Waals surface area (Å²) in [4.78, 5) is 26.2. The van der Waals surface area contributed by atoms with Crippen molar-refractivity contribution in [2.24, 2.45) is 5.92 Å². The van der Waals surface area contributed by atoms with Gasteiger partial charge in [0.15, 0.2) is 0 Å². The van der Waals surface area contributed by atoms with Gasteiger partial charge in [0.2, 0.25) is 11.9 Å². The fourth-order valence-electron chi connectivity index (χ4n) is 1.15. The van der Waals surface area contributed by atoms with Gasteiger partial charge in [0.1, 0.15) is 0 Å². The first kappa shape index (κ1) is 14.1. The maximum Gasteiger partial charge on any atom is 0.253 e. The van der Waals surface area contributed by atoms with Crippen molar-refractivity contribution in [3.8, 4) is 0 Å². The highest BCUT2D eigenvalue weighted by molar-refractivity contribution is 5.96. The number of pyridine rings is 1. The van der Waals surface area contributed by atoms with Crippen LogP contribution in [0.15, 0.2) is 18.3 Å². The van der Waals surface area contributed by atoms with E-state index in [1.54, 1.807) is 0 Å². The van der Waals surface area contributed by atoms with Gasteiger partial charge in [-0.15, -0.1) is 0 Å². The number of nitrogens with one attached hydrogen (secondary N) is 2. The molecule has 18 heavy (non-hydrogen) atoms. The molecule has 0 fully saturated rings. The maximum atomic E-state index is 12.5. The number of hydrogen-bond donors (Lipinski definition) is 2. The highest BCUT2D eigenvalue weighted by Crippen LogP contribution is 1.98. The molecular formula is C12H16FN3O2. The van der Waals surface area contributed by atoms with E-state index in [2.05, 4.69) is 15.6 Å². The molecule has 0 aliphatic heterocycles. The van der Waals surface area contributed by atoms with Gasteiger partial charge in [-0.25, -0.2) is 4.98 Å². The highest BCUT2D eigenvalue weighted by Gasteiger charge is 2.08.